The van der Waals surface area contributed by atoms with Gasteiger partial charge in [-0.1, -0.05) is 6.92 Å². The van der Waals surface area contributed by atoms with Gasteiger partial charge in [0.05, 0.1) is 12.7 Å². The molecule has 0 amide bonds. The number of fused-ring (bicyclic) bond motifs is 1. The third-order valence-electron chi connectivity index (χ3n) is 3.86. The normalized spacial score (nSPS) is 27.9. The number of aromatic nitrogens is 4. The van der Waals surface area contributed by atoms with Crippen LogP contribution in [0, 0.1) is 5.92 Å². The average Bonchev–Trinajstić information content (AvgIpc) is 2.96. The summed E-state index contributed by atoms with van der Waals surface area (Å²) in [6, 6.07) is 0. The average molecular weight is 424 g/mol. The number of aliphatic hydroxyl groups is 1. The van der Waals surface area contributed by atoms with Crippen LogP contribution < -0.4 is 5.73 Å². The van der Waals surface area contributed by atoms with Crippen LogP contribution >= 0.6 is 23.8 Å². The van der Waals surface area contributed by atoms with Gasteiger partial charge in [-0.25, -0.2) is 19.5 Å². The molecule has 5 N–H and O–H groups in total. The molecule has 3 heterocycles. The number of hydrogen-bond donors (Lipinski definition) is 4. The molecule has 0 radical (unpaired) electrons. The predicted molar refractivity (Wildman–Crippen MR) is 84.5 cm³/mol. The van der Waals surface area contributed by atoms with Gasteiger partial charge in [0.2, 0.25) is 0 Å². The zero-order valence-electron chi connectivity index (χ0n) is 12.4. The monoisotopic (exact) mass is 423 g/mol. The van der Waals surface area contributed by atoms with Crippen LogP contribution in [0.25, 0.3) is 11.2 Å². The number of hydrogen-bond acceptors (Lipinski definition) is 8. The molecule has 0 saturated carbocycles. The van der Waals surface area contributed by atoms with Gasteiger partial charge >= 0.3 is 7.82 Å². The molecule has 0 spiro atoms. The second-order valence-electron chi connectivity index (χ2n) is 5.38. The van der Waals surface area contributed by atoms with E-state index in [0.717, 1.165) is 0 Å². The van der Waals surface area contributed by atoms with Crippen LogP contribution in [0.1, 0.15) is 13.2 Å². The fourth-order valence-corrected chi connectivity index (χ4v) is 3.45. The van der Waals surface area contributed by atoms with Gasteiger partial charge in [-0.05, 0) is 15.9 Å². The summed E-state index contributed by atoms with van der Waals surface area (Å²) in [5, 5.41) is 10.5. The Bertz CT molecular complexity index is 812. The second kappa shape index (κ2) is 6.30. The van der Waals surface area contributed by atoms with Crippen LogP contribution in [0.4, 0.5) is 5.82 Å². The minimum absolute atomic E-state index is 0.182. The van der Waals surface area contributed by atoms with Crippen LogP contribution in [0.15, 0.2) is 11.1 Å². The van der Waals surface area contributed by atoms with Crippen LogP contribution in [-0.4, -0.2) is 53.2 Å². The Labute approximate surface area is 144 Å². The molecule has 4 atom stereocenters. The molecule has 3 rings (SSSR count). The number of nitrogen functional groups attached to an aromatic ring is 1. The molecular weight excluding hydrogens is 409 g/mol. The fourth-order valence-electron chi connectivity index (χ4n) is 2.56. The maximum absolute atomic E-state index is 10.9. The van der Waals surface area contributed by atoms with Crippen molar-refractivity contribution in [3.05, 3.63) is 11.1 Å². The van der Waals surface area contributed by atoms with Crippen molar-refractivity contribution in [1.29, 1.82) is 0 Å². The van der Waals surface area contributed by atoms with Crippen LogP contribution in [-0.2, 0) is 13.8 Å². The summed E-state index contributed by atoms with van der Waals surface area (Å²) in [5.74, 6) is -0.258. The lowest BCUT2D eigenvalue weighted by Crippen LogP contribution is -2.26. The van der Waals surface area contributed by atoms with Gasteiger partial charge < -0.3 is 25.4 Å². The number of nitrogens with zero attached hydrogens (tertiary/aromatic N) is 4. The number of halogens is 1. The quantitative estimate of drug-likeness (QED) is 0.393. The lowest BCUT2D eigenvalue weighted by Gasteiger charge is -2.18. The minimum atomic E-state index is -4.63. The maximum atomic E-state index is 10.9. The van der Waals surface area contributed by atoms with Gasteiger partial charge in [0.15, 0.2) is 27.9 Å². The van der Waals surface area contributed by atoms with E-state index in [1.807, 2.05) is 0 Å². The number of ether oxygens (including phenoxy) is 1. The fraction of sp³-hybridized carbons (Fsp3) is 0.545. The van der Waals surface area contributed by atoms with Crippen molar-refractivity contribution in [3.63, 3.8) is 0 Å². The Kier molecular flexibility index (Phi) is 4.64. The molecule has 2 aromatic heterocycles. The third kappa shape index (κ3) is 3.18. The van der Waals surface area contributed by atoms with Gasteiger partial charge in [-0.3, -0.25) is 9.09 Å². The standard InChI is InChI=1S/C11H15BrN5O6P/c1-4-5(2-22-24(19,20)21)23-10(7(4)18)17-9-6(16-11(17)12)8(13)14-3-15-9/h3-5,7,10,18H,2H2,1H3,(H2,13,14,15)(H2,19,20,21). The first-order valence-electron chi connectivity index (χ1n) is 6.86. The van der Waals surface area contributed by atoms with E-state index in [0.29, 0.717) is 15.9 Å². The molecule has 0 bridgehead atoms. The van der Waals surface area contributed by atoms with Gasteiger partial charge in [0.25, 0.3) is 0 Å². The van der Waals surface area contributed by atoms with Crippen LogP contribution in [0.2, 0.25) is 0 Å². The number of rotatable bonds is 4. The summed E-state index contributed by atoms with van der Waals surface area (Å²) < 4.78 is 22.9. The molecule has 132 valence electrons. The molecule has 1 saturated heterocycles. The molecule has 24 heavy (non-hydrogen) atoms. The number of phosphoric acid groups is 1. The molecule has 4 unspecified atom stereocenters. The van der Waals surface area contributed by atoms with Crippen LogP contribution in [0.3, 0.4) is 0 Å². The van der Waals surface area contributed by atoms with Gasteiger partial charge in [-0.2, -0.15) is 0 Å². The molecule has 0 aromatic carbocycles. The summed E-state index contributed by atoms with van der Waals surface area (Å²) in [6.45, 7) is 1.33. The first-order valence-corrected chi connectivity index (χ1v) is 9.19. The summed E-state index contributed by atoms with van der Waals surface area (Å²) in [7, 11) is -4.63. The molecule has 13 heteroatoms. The van der Waals surface area contributed by atoms with Crippen molar-refractivity contribution < 1.29 is 28.7 Å². The molecule has 1 aliphatic heterocycles. The first-order chi connectivity index (χ1) is 11.2. The van der Waals surface area contributed by atoms with Crippen molar-refractivity contribution in [2.24, 2.45) is 5.92 Å². The number of aliphatic hydroxyl groups excluding tert-OH is 1. The molecule has 0 aliphatic carbocycles. The molecule has 1 fully saturated rings. The SMILES string of the molecule is CC1C(COP(=O)(O)O)OC(n2c(Br)nc3c(N)ncnc32)C1O. The van der Waals surface area contributed by atoms with E-state index < -0.39 is 32.2 Å². The number of nitrogens with two attached hydrogens (primary N) is 1. The van der Waals surface area contributed by atoms with Crippen molar-refractivity contribution >= 4 is 40.7 Å². The van der Waals surface area contributed by atoms with E-state index in [1.54, 1.807) is 6.92 Å². The Morgan fingerprint density at radius 1 is 1.50 bits per heavy atom. The van der Waals surface area contributed by atoms with E-state index in [4.69, 9.17) is 20.3 Å². The lowest BCUT2D eigenvalue weighted by atomic mass is 10.0. The first kappa shape index (κ1) is 17.7. The zero-order chi connectivity index (χ0) is 17.6. The summed E-state index contributed by atoms with van der Waals surface area (Å²) in [5.41, 5.74) is 6.48. The largest absolute Gasteiger partial charge is 0.469 e. The van der Waals surface area contributed by atoms with Crippen molar-refractivity contribution in [2.45, 2.75) is 25.4 Å². The number of imidazole rings is 1. The number of phosphoric ester groups is 1. The highest BCUT2D eigenvalue weighted by molar-refractivity contribution is 9.10. The van der Waals surface area contributed by atoms with Gasteiger partial charge in [-0.15, -0.1) is 0 Å². The molecule has 1 aliphatic rings. The highest BCUT2D eigenvalue weighted by Crippen LogP contribution is 2.41. The minimum Gasteiger partial charge on any atom is -0.388 e. The van der Waals surface area contributed by atoms with Gasteiger partial charge in [0.1, 0.15) is 12.4 Å². The van der Waals surface area contributed by atoms with Crippen molar-refractivity contribution in [3.8, 4) is 0 Å². The molecular formula is C11H15BrN5O6P. The smallest absolute Gasteiger partial charge is 0.388 e. The van der Waals surface area contributed by atoms with E-state index in [2.05, 4.69) is 35.4 Å². The van der Waals surface area contributed by atoms with Gasteiger partial charge in [0, 0.05) is 5.92 Å². The van der Waals surface area contributed by atoms with Crippen LogP contribution in [0.5, 0.6) is 0 Å². The summed E-state index contributed by atoms with van der Waals surface area (Å²) in [4.78, 5) is 29.8. The Hall–Kier alpha value is -1.14. The maximum Gasteiger partial charge on any atom is 0.469 e. The lowest BCUT2D eigenvalue weighted by molar-refractivity contribution is -0.0497. The highest BCUT2D eigenvalue weighted by Gasteiger charge is 2.44. The molecule has 2 aromatic rings. The van der Waals surface area contributed by atoms with Crippen molar-refractivity contribution in [1.82, 2.24) is 19.5 Å². The Morgan fingerprint density at radius 2 is 2.21 bits per heavy atom. The Morgan fingerprint density at radius 3 is 2.88 bits per heavy atom. The topological polar surface area (TPSA) is 166 Å². The zero-order valence-corrected chi connectivity index (χ0v) is 14.8. The predicted octanol–water partition coefficient (Wildman–Crippen LogP) is 0.175. The van der Waals surface area contributed by atoms with E-state index >= 15 is 0 Å². The van der Waals surface area contributed by atoms with E-state index in [1.165, 1.54) is 10.9 Å². The van der Waals surface area contributed by atoms with E-state index in [-0.39, 0.29) is 12.4 Å². The number of anilines is 1. The summed E-state index contributed by atoms with van der Waals surface area (Å²) in [6.07, 6.45) is -1.30. The Balaban J connectivity index is 1.92. The second-order valence-corrected chi connectivity index (χ2v) is 7.33. The van der Waals surface area contributed by atoms with E-state index in [9.17, 15) is 9.67 Å². The summed E-state index contributed by atoms with van der Waals surface area (Å²) >= 11 is 3.27. The molecule has 11 nitrogen and oxygen atoms in total. The highest BCUT2D eigenvalue weighted by atomic mass is 79.9. The van der Waals surface area contributed by atoms with Crippen molar-refractivity contribution in [2.75, 3.05) is 12.3 Å². The third-order valence-corrected chi connectivity index (χ3v) is 4.90.